The molecule has 3 unspecified atom stereocenters. The van der Waals surface area contributed by atoms with E-state index < -0.39 is 6.10 Å². The van der Waals surface area contributed by atoms with Crippen LogP contribution in [-0.2, 0) is 9.53 Å². The Morgan fingerprint density at radius 1 is 1.71 bits per heavy atom. The SMILES string of the molecule is CCOC(=O)CC(O)CNC1CC1C. The molecule has 1 saturated carbocycles. The van der Waals surface area contributed by atoms with Crippen LogP contribution < -0.4 is 5.32 Å². The maximum absolute atomic E-state index is 11.0. The molecule has 0 saturated heterocycles. The standard InChI is InChI=1S/C10H19NO3/c1-3-14-10(13)5-8(12)6-11-9-4-7(9)2/h7-9,11-12H,3-6H2,1-2H3. The average Bonchev–Trinajstić information content (AvgIpc) is 2.79. The number of aliphatic hydroxyl groups excluding tert-OH is 1. The van der Waals surface area contributed by atoms with Crippen molar-refractivity contribution in [3.8, 4) is 0 Å². The molecule has 1 rings (SSSR count). The molecular formula is C10H19NO3. The molecule has 1 fully saturated rings. The monoisotopic (exact) mass is 201 g/mol. The smallest absolute Gasteiger partial charge is 0.308 e. The zero-order chi connectivity index (χ0) is 10.6. The van der Waals surface area contributed by atoms with Gasteiger partial charge < -0.3 is 15.2 Å². The van der Waals surface area contributed by atoms with Crippen LogP contribution in [0.25, 0.3) is 0 Å². The summed E-state index contributed by atoms with van der Waals surface area (Å²) in [7, 11) is 0. The second-order valence-electron chi connectivity index (χ2n) is 3.89. The molecule has 4 heteroatoms. The Kier molecular flexibility index (Phi) is 4.35. The van der Waals surface area contributed by atoms with Gasteiger partial charge in [0.25, 0.3) is 0 Å². The van der Waals surface area contributed by atoms with Crippen molar-refractivity contribution in [3.63, 3.8) is 0 Å². The van der Waals surface area contributed by atoms with Crippen LogP contribution >= 0.6 is 0 Å². The van der Waals surface area contributed by atoms with Crippen LogP contribution in [0, 0.1) is 5.92 Å². The first kappa shape index (κ1) is 11.5. The Morgan fingerprint density at radius 3 is 2.86 bits per heavy atom. The number of rotatable bonds is 6. The summed E-state index contributed by atoms with van der Waals surface area (Å²) in [4.78, 5) is 11.0. The van der Waals surface area contributed by atoms with Crippen molar-refractivity contribution in [2.24, 2.45) is 5.92 Å². The van der Waals surface area contributed by atoms with E-state index in [1.807, 2.05) is 0 Å². The molecule has 0 radical (unpaired) electrons. The molecule has 0 bridgehead atoms. The van der Waals surface area contributed by atoms with E-state index in [0.29, 0.717) is 25.1 Å². The fraction of sp³-hybridized carbons (Fsp3) is 0.900. The summed E-state index contributed by atoms with van der Waals surface area (Å²) < 4.78 is 4.73. The molecule has 2 N–H and O–H groups in total. The lowest BCUT2D eigenvalue weighted by Gasteiger charge is -2.10. The second kappa shape index (κ2) is 5.32. The van der Waals surface area contributed by atoms with E-state index in [2.05, 4.69) is 12.2 Å². The summed E-state index contributed by atoms with van der Waals surface area (Å²) in [6.45, 7) is 4.77. The summed E-state index contributed by atoms with van der Waals surface area (Å²) in [5.41, 5.74) is 0. The molecule has 0 aromatic heterocycles. The quantitative estimate of drug-likeness (QED) is 0.607. The maximum Gasteiger partial charge on any atom is 0.308 e. The minimum atomic E-state index is -0.623. The van der Waals surface area contributed by atoms with Crippen LogP contribution in [0.5, 0.6) is 0 Å². The van der Waals surface area contributed by atoms with Gasteiger partial charge in [0.2, 0.25) is 0 Å². The average molecular weight is 201 g/mol. The third-order valence-electron chi connectivity index (χ3n) is 2.43. The lowest BCUT2D eigenvalue weighted by molar-refractivity contribution is -0.145. The highest BCUT2D eigenvalue weighted by molar-refractivity contribution is 5.69. The predicted octanol–water partition coefficient (Wildman–Crippen LogP) is 0.298. The fourth-order valence-corrected chi connectivity index (χ4v) is 1.38. The van der Waals surface area contributed by atoms with Gasteiger partial charge in [-0.05, 0) is 19.3 Å². The molecule has 3 atom stereocenters. The summed E-state index contributed by atoms with van der Waals surface area (Å²) in [5.74, 6) is 0.385. The van der Waals surface area contributed by atoms with E-state index in [0.717, 1.165) is 0 Å². The maximum atomic E-state index is 11.0. The fourth-order valence-electron chi connectivity index (χ4n) is 1.38. The summed E-state index contributed by atoms with van der Waals surface area (Å²) in [5, 5.41) is 12.6. The number of esters is 1. The number of hydrogen-bond acceptors (Lipinski definition) is 4. The molecule has 0 spiro atoms. The molecule has 4 nitrogen and oxygen atoms in total. The van der Waals surface area contributed by atoms with E-state index in [1.54, 1.807) is 6.92 Å². The lowest BCUT2D eigenvalue weighted by Crippen LogP contribution is -2.31. The Labute approximate surface area is 84.6 Å². The van der Waals surface area contributed by atoms with Crippen LogP contribution in [0.4, 0.5) is 0 Å². The zero-order valence-corrected chi connectivity index (χ0v) is 8.82. The molecule has 1 aliphatic carbocycles. The lowest BCUT2D eigenvalue weighted by atomic mass is 10.2. The van der Waals surface area contributed by atoms with Crippen molar-refractivity contribution in [2.75, 3.05) is 13.2 Å². The Bertz CT molecular complexity index is 196. The van der Waals surface area contributed by atoms with E-state index >= 15 is 0 Å². The Balaban J connectivity index is 2.03. The van der Waals surface area contributed by atoms with Gasteiger partial charge in [-0.15, -0.1) is 0 Å². The number of carbonyl (C=O) groups is 1. The largest absolute Gasteiger partial charge is 0.466 e. The highest BCUT2D eigenvalue weighted by atomic mass is 16.5. The molecule has 82 valence electrons. The van der Waals surface area contributed by atoms with Crippen molar-refractivity contribution in [1.29, 1.82) is 0 Å². The van der Waals surface area contributed by atoms with Gasteiger partial charge >= 0.3 is 5.97 Å². The van der Waals surface area contributed by atoms with Gasteiger partial charge in [-0.1, -0.05) is 6.92 Å². The van der Waals surface area contributed by atoms with Crippen molar-refractivity contribution in [3.05, 3.63) is 0 Å². The van der Waals surface area contributed by atoms with E-state index in [1.165, 1.54) is 6.42 Å². The first-order chi connectivity index (χ1) is 6.63. The molecule has 0 amide bonds. The van der Waals surface area contributed by atoms with Crippen molar-refractivity contribution in [2.45, 2.75) is 38.8 Å². The van der Waals surface area contributed by atoms with Gasteiger partial charge in [0.1, 0.15) is 0 Å². The number of nitrogens with one attached hydrogen (secondary N) is 1. The molecule has 1 aliphatic rings. The van der Waals surface area contributed by atoms with Gasteiger partial charge in [-0.2, -0.15) is 0 Å². The highest BCUT2D eigenvalue weighted by Crippen LogP contribution is 2.28. The third kappa shape index (κ3) is 4.07. The second-order valence-corrected chi connectivity index (χ2v) is 3.89. The van der Waals surface area contributed by atoms with Gasteiger partial charge in [0.15, 0.2) is 0 Å². The molecule has 0 aromatic carbocycles. The molecular weight excluding hydrogens is 182 g/mol. The topological polar surface area (TPSA) is 58.6 Å². The van der Waals surface area contributed by atoms with E-state index in [4.69, 9.17) is 4.74 Å². The van der Waals surface area contributed by atoms with Crippen LogP contribution in [0.1, 0.15) is 26.7 Å². The first-order valence-corrected chi connectivity index (χ1v) is 5.20. The van der Waals surface area contributed by atoms with Crippen molar-refractivity contribution >= 4 is 5.97 Å². The summed E-state index contributed by atoms with van der Waals surface area (Å²) in [6.07, 6.45) is 0.635. The van der Waals surface area contributed by atoms with Crippen molar-refractivity contribution in [1.82, 2.24) is 5.32 Å². The van der Waals surface area contributed by atoms with Gasteiger partial charge in [-0.25, -0.2) is 0 Å². The summed E-state index contributed by atoms with van der Waals surface area (Å²) in [6, 6.07) is 0.534. The number of hydrogen-bond donors (Lipinski definition) is 2. The molecule has 0 aromatic rings. The van der Waals surface area contributed by atoms with Crippen LogP contribution in [0.15, 0.2) is 0 Å². The highest BCUT2D eigenvalue weighted by Gasteiger charge is 2.32. The normalized spacial score (nSPS) is 27.1. The number of aliphatic hydroxyl groups is 1. The zero-order valence-electron chi connectivity index (χ0n) is 8.82. The third-order valence-corrected chi connectivity index (χ3v) is 2.43. The van der Waals surface area contributed by atoms with E-state index in [9.17, 15) is 9.90 Å². The minimum Gasteiger partial charge on any atom is -0.466 e. The first-order valence-electron chi connectivity index (χ1n) is 5.20. The predicted molar refractivity (Wildman–Crippen MR) is 52.8 cm³/mol. The molecule has 0 aliphatic heterocycles. The molecule has 14 heavy (non-hydrogen) atoms. The van der Waals surface area contributed by atoms with Gasteiger partial charge in [0.05, 0.1) is 19.1 Å². The number of carbonyl (C=O) groups excluding carboxylic acids is 1. The van der Waals surface area contributed by atoms with Crippen molar-refractivity contribution < 1.29 is 14.6 Å². The number of ether oxygens (including phenoxy) is 1. The van der Waals surface area contributed by atoms with Crippen LogP contribution in [-0.4, -0.2) is 36.4 Å². The molecule has 0 heterocycles. The minimum absolute atomic E-state index is 0.0853. The summed E-state index contributed by atoms with van der Waals surface area (Å²) >= 11 is 0. The van der Waals surface area contributed by atoms with Crippen LogP contribution in [0.2, 0.25) is 0 Å². The van der Waals surface area contributed by atoms with Gasteiger partial charge in [-0.3, -0.25) is 4.79 Å². The Morgan fingerprint density at radius 2 is 2.36 bits per heavy atom. The Hall–Kier alpha value is -0.610. The van der Waals surface area contributed by atoms with Crippen LogP contribution in [0.3, 0.4) is 0 Å². The van der Waals surface area contributed by atoms with E-state index in [-0.39, 0.29) is 12.4 Å². The van der Waals surface area contributed by atoms with Gasteiger partial charge in [0, 0.05) is 12.6 Å².